The second-order valence-corrected chi connectivity index (χ2v) is 12.5. The van der Waals surface area contributed by atoms with Crippen molar-refractivity contribution < 1.29 is 8.83 Å². The number of hydrogen-bond donors (Lipinski definition) is 0. The van der Waals surface area contributed by atoms with Gasteiger partial charge in [0.25, 0.3) is 0 Å². The minimum Gasteiger partial charge on any atom is -0.456 e. The molecule has 2 heterocycles. The van der Waals surface area contributed by atoms with Crippen molar-refractivity contribution in [2.75, 3.05) is 4.90 Å². The third-order valence-electron chi connectivity index (χ3n) is 9.72. The van der Waals surface area contributed by atoms with Gasteiger partial charge in [-0.05, 0) is 93.7 Å². The summed E-state index contributed by atoms with van der Waals surface area (Å²) in [4.78, 5) is 2.47. The van der Waals surface area contributed by atoms with E-state index < -0.39 is 0 Å². The van der Waals surface area contributed by atoms with Gasteiger partial charge in [-0.25, -0.2) is 0 Å². The highest BCUT2D eigenvalue weighted by Crippen LogP contribution is 2.39. The maximum Gasteiger partial charge on any atom is 0.136 e. The van der Waals surface area contributed by atoms with Crippen LogP contribution in [0, 0.1) is 0 Å². The highest BCUT2D eigenvalue weighted by atomic mass is 16.3. The van der Waals surface area contributed by atoms with Crippen LogP contribution in [0.4, 0.5) is 11.4 Å². The molecule has 0 radical (unpaired) electrons. The zero-order chi connectivity index (χ0) is 30.9. The molecule has 0 saturated carbocycles. The summed E-state index contributed by atoms with van der Waals surface area (Å²) in [5.41, 5.74) is 8.33. The first-order valence-electron chi connectivity index (χ1n) is 16.2. The number of furan rings is 2. The molecule has 47 heavy (non-hydrogen) atoms. The number of nitrogens with zero attached hydrogens (tertiary/aromatic N) is 1. The summed E-state index contributed by atoms with van der Waals surface area (Å²) in [5, 5.41) is 9.45. The Kier molecular flexibility index (Phi) is 5.70. The summed E-state index contributed by atoms with van der Waals surface area (Å²) in [6.45, 7) is 0. The van der Waals surface area contributed by atoms with Crippen molar-refractivity contribution in [3.05, 3.63) is 156 Å². The molecular weight excluding hydrogens is 574 g/mol. The van der Waals surface area contributed by atoms with Gasteiger partial charge in [-0.3, -0.25) is 0 Å². The second-order valence-electron chi connectivity index (χ2n) is 12.5. The third-order valence-corrected chi connectivity index (χ3v) is 9.72. The van der Waals surface area contributed by atoms with E-state index in [1.807, 2.05) is 12.1 Å². The molecule has 222 valence electrons. The van der Waals surface area contributed by atoms with E-state index >= 15 is 0 Å². The van der Waals surface area contributed by atoms with Crippen LogP contribution in [0.3, 0.4) is 0 Å². The van der Waals surface area contributed by atoms with Gasteiger partial charge < -0.3 is 13.7 Å². The van der Waals surface area contributed by atoms with E-state index in [-0.39, 0.29) is 6.04 Å². The normalized spacial score (nSPS) is 14.4. The van der Waals surface area contributed by atoms with Crippen LogP contribution in [-0.2, 0) is 0 Å². The number of para-hydroxylation sites is 1. The predicted molar refractivity (Wildman–Crippen MR) is 196 cm³/mol. The van der Waals surface area contributed by atoms with Gasteiger partial charge in [0.2, 0.25) is 0 Å². The lowest BCUT2D eigenvalue weighted by molar-refractivity contribution is 0.568. The Labute approximate surface area is 270 Å². The summed E-state index contributed by atoms with van der Waals surface area (Å²) >= 11 is 0. The Bertz CT molecular complexity index is 2790. The van der Waals surface area contributed by atoms with Crippen molar-refractivity contribution in [1.29, 1.82) is 0 Å². The number of fused-ring (bicyclic) bond motifs is 9. The van der Waals surface area contributed by atoms with Crippen LogP contribution in [-0.4, -0.2) is 6.04 Å². The van der Waals surface area contributed by atoms with Crippen molar-refractivity contribution in [3.8, 4) is 11.1 Å². The minimum absolute atomic E-state index is 0.0428. The molecule has 1 aliphatic carbocycles. The molecular formula is C44H29NO2. The molecule has 0 amide bonds. The molecule has 3 nitrogen and oxygen atoms in total. The Hall–Kier alpha value is -6.06. The monoisotopic (exact) mass is 603 g/mol. The Morgan fingerprint density at radius 2 is 1.26 bits per heavy atom. The van der Waals surface area contributed by atoms with Crippen LogP contribution < -0.4 is 15.5 Å². The van der Waals surface area contributed by atoms with Gasteiger partial charge in [-0.1, -0.05) is 103 Å². The molecule has 0 fully saturated rings. The smallest absolute Gasteiger partial charge is 0.136 e. The van der Waals surface area contributed by atoms with E-state index in [1.165, 1.54) is 43.3 Å². The van der Waals surface area contributed by atoms with Gasteiger partial charge in [-0.15, -0.1) is 0 Å². The van der Waals surface area contributed by atoms with Gasteiger partial charge in [0.15, 0.2) is 0 Å². The van der Waals surface area contributed by atoms with Crippen molar-refractivity contribution in [2.24, 2.45) is 0 Å². The SMILES string of the molecule is C1=c2oc3cc4ccccc4cc3c2=CCC1N(c1cccc(-c2ccccc2)c1)c1ccc2ccc3oc4ccccc4c3c2c1. The largest absolute Gasteiger partial charge is 0.456 e. The molecule has 10 rings (SSSR count). The van der Waals surface area contributed by atoms with Crippen molar-refractivity contribution >= 4 is 78.0 Å². The van der Waals surface area contributed by atoms with E-state index in [2.05, 4.69) is 151 Å². The third kappa shape index (κ3) is 4.20. The van der Waals surface area contributed by atoms with Crippen LogP contribution in [0.5, 0.6) is 0 Å². The summed E-state index contributed by atoms with van der Waals surface area (Å²) in [6.07, 6.45) is 5.52. The van der Waals surface area contributed by atoms with Crippen LogP contribution in [0.25, 0.3) is 77.7 Å². The van der Waals surface area contributed by atoms with Gasteiger partial charge >= 0.3 is 0 Å². The fourth-order valence-electron chi connectivity index (χ4n) is 7.50. The molecule has 0 aliphatic heterocycles. The first-order chi connectivity index (χ1) is 23.3. The molecule has 0 bridgehead atoms. The van der Waals surface area contributed by atoms with E-state index in [0.29, 0.717) is 0 Å². The van der Waals surface area contributed by atoms with Crippen LogP contribution >= 0.6 is 0 Å². The first-order valence-corrected chi connectivity index (χ1v) is 16.2. The average Bonchev–Trinajstić information content (AvgIpc) is 3.69. The number of rotatable bonds is 4. The highest BCUT2D eigenvalue weighted by molar-refractivity contribution is 6.19. The fraction of sp³-hybridized carbons (Fsp3) is 0.0455. The van der Waals surface area contributed by atoms with E-state index in [1.54, 1.807) is 0 Å². The molecule has 3 heteroatoms. The summed E-state index contributed by atoms with van der Waals surface area (Å²) in [5.74, 6) is 0. The molecule has 0 saturated heterocycles. The maximum absolute atomic E-state index is 6.58. The molecule has 1 unspecified atom stereocenters. The van der Waals surface area contributed by atoms with Crippen LogP contribution in [0.2, 0.25) is 0 Å². The second kappa shape index (κ2) is 10.2. The van der Waals surface area contributed by atoms with E-state index in [0.717, 1.165) is 50.7 Å². The van der Waals surface area contributed by atoms with E-state index in [9.17, 15) is 0 Å². The molecule has 1 atom stereocenters. The maximum atomic E-state index is 6.58. The fourth-order valence-corrected chi connectivity index (χ4v) is 7.50. The Morgan fingerprint density at radius 3 is 2.17 bits per heavy atom. The molecule has 0 spiro atoms. The lowest BCUT2D eigenvalue weighted by atomic mass is 9.98. The van der Waals surface area contributed by atoms with Crippen LogP contribution in [0.15, 0.2) is 154 Å². The lowest BCUT2D eigenvalue weighted by Gasteiger charge is -2.33. The molecule has 1 aliphatic rings. The van der Waals surface area contributed by atoms with Crippen LogP contribution in [0.1, 0.15) is 6.42 Å². The zero-order valence-electron chi connectivity index (χ0n) is 25.6. The Balaban J connectivity index is 1.19. The number of benzene rings is 7. The summed E-state index contributed by atoms with van der Waals surface area (Å²) in [6, 6.07) is 51.9. The Morgan fingerprint density at radius 1 is 0.489 bits per heavy atom. The van der Waals surface area contributed by atoms with Crippen molar-refractivity contribution in [1.82, 2.24) is 0 Å². The average molecular weight is 604 g/mol. The van der Waals surface area contributed by atoms with Gasteiger partial charge in [0.05, 0.1) is 6.04 Å². The first kappa shape index (κ1) is 26.2. The summed E-state index contributed by atoms with van der Waals surface area (Å²) in [7, 11) is 0. The molecule has 2 aromatic heterocycles. The standard InChI is InChI=1S/C44H29NO2/c1-2-9-28(10-3-1)30-13-8-14-33(23-30)45(34-19-17-29-18-22-41-44(38(29)26-34)37-15-6-7-16-40(37)46-41)35-20-21-36-39-24-31-11-4-5-12-32(31)25-42(39)47-43(36)27-35/h1-19,21-27,35H,20H2. The predicted octanol–water partition coefficient (Wildman–Crippen LogP) is 10.5. The van der Waals surface area contributed by atoms with Gasteiger partial charge in [0, 0.05) is 32.8 Å². The lowest BCUT2D eigenvalue weighted by Crippen LogP contribution is -2.36. The quantitative estimate of drug-likeness (QED) is 0.200. The van der Waals surface area contributed by atoms with Crippen molar-refractivity contribution in [2.45, 2.75) is 12.5 Å². The number of hydrogen-bond acceptors (Lipinski definition) is 3. The van der Waals surface area contributed by atoms with Gasteiger partial charge in [-0.2, -0.15) is 0 Å². The minimum atomic E-state index is 0.0428. The van der Waals surface area contributed by atoms with Gasteiger partial charge in [0.1, 0.15) is 22.2 Å². The zero-order valence-corrected chi connectivity index (χ0v) is 25.6. The van der Waals surface area contributed by atoms with Crippen molar-refractivity contribution in [3.63, 3.8) is 0 Å². The molecule has 9 aromatic rings. The summed E-state index contributed by atoms with van der Waals surface area (Å²) < 4.78 is 12.9. The molecule has 0 N–H and O–H groups in total. The van der Waals surface area contributed by atoms with E-state index in [4.69, 9.17) is 8.83 Å². The highest BCUT2D eigenvalue weighted by Gasteiger charge is 2.23. The molecule has 7 aromatic carbocycles. The topological polar surface area (TPSA) is 29.5 Å². The number of anilines is 2.